The van der Waals surface area contributed by atoms with E-state index in [9.17, 15) is 0 Å². The molecule has 3 atom stereocenters. The summed E-state index contributed by atoms with van der Waals surface area (Å²) in [6, 6.07) is 1.34. The molecule has 2 bridgehead atoms. The Morgan fingerprint density at radius 1 is 1.50 bits per heavy atom. The molecule has 0 spiro atoms. The second-order valence-corrected chi connectivity index (χ2v) is 3.41. The summed E-state index contributed by atoms with van der Waals surface area (Å²) in [5.74, 6) is 0.763. The van der Waals surface area contributed by atoms with Gasteiger partial charge in [0, 0.05) is 6.04 Å². The van der Waals surface area contributed by atoms with Crippen LogP contribution in [0.1, 0.15) is 26.2 Å². The number of hydrogen-bond donors (Lipinski definition) is 1. The van der Waals surface area contributed by atoms with E-state index in [0.717, 1.165) is 12.0 Å². The van der Waals surface area contributed by atoms with Crippen molar-refractivity contribution in [2.24, 2.45) is 10.9 Å². The first-order chi connectivity index (χ1) is 4.88. The number of aliphatic imine (C=N–C) groups is 1. The van der Waals surface area contributed by atoms with Crippen molar-refractivity contribution >= 4 is 6.34 Å². The molecule has 3 unspecified atom stereocenters. The fourth-order valence-electron chi connectivity index (χ4n) is 2.02. The van der Waals surface area contributed by atoms with Gasteiger partial charge in [-0.3, -0.25) is 4.99 Å². The molecular weight excluding hydrogens is 124 g/mol. The van der Waals surface area contributed by atoms with E-state index in [-0.39, 0.29) is 0 Å². The third-order valence-electron chi connectivity index (χ3n) is 2.81. The van der Waals surface area contributed by atoms with Crippen molar-refractivity contribution < 1.29 is 0 Å². The van der Waals surface area contributed by atoms with Crippen LogP contribution >= 0.6 is 0 Å². The van der Waals surface area contributed by atoms with Gasteiger partial charge >= 0.3 is 0 Å². The largest absolute Gasteiger partial charge is 0.373 e. The fraction of sp³-hybridized carbons (Fsp3) is 0.875. The lowest BCUT2D eigenvalue weighted by molar-refractivity contribution is 0.258. The summed E-state index contributed by atoms with van der Waals surface area (Å²) in [4.78, 5) is 4.39. The Labute approximate surface area is 61.7 Å². The van der Waals surface area contributed by atoms with Crippen molar-refractivity contribution in [1.29, 1.82) is 0 Å². The minimum absolute atomic E-state index is 0.625. The van der Waals surface area contributed by atoms with Gasteiger partial charge in [-0.15, -0.1) is 0 Å². The zero-order valence-electron chi connectivity index (χ0n) is 6.38. The highest BCUT2D eigenvalue weighted by Crippen LogP contribution is 2.28. The molecule has 2 aliphatic rings. The van der Waals surface area contributed by atoms with Gasteiger partial charge in [-0.2, -0.15) is 0 Å². The Morgan fingerprint density at radius 3 is 3.10 bits per heavy atom. The molecule has 0 aromatic heterocycles. The highest BCUT2D eigenvalue weighted by molar-refractivity contribution is 5.56. The highest BCUT2D eigenvalue weighted by Gasteiger charge is 2.30. The number of nitrogens with one attached hydrogen (secondary N) is 1. The number of fused-ring (bicyclic) bond motifs is 2. The lowest BCUT2D eigenvalue weighted by Crippen LogP contribution is -2.46. The molecule has 2 nitrogen and oxygen atoms in total. The number of hydrogen-bond acceptors (Lipinski definition) is 2. The van der Waals surface area contributed by atoms with Crippen molar-refractivity contribution in [3.8, 4) is 0 Å². The molecule has 1 aliphatic heterocycles. The molecule has 0 aromatic rings. The third-order valence-corrected chi connectivity index (χ3v) is 2.81. The Morgan fingerprint density at radius 2 is 2.40 bits per heavy atom. The minimum Gasteiger partial charge on any atom is -0.373 e. The first-order valence-electron chi connectivity index (χ1n) is 4.15. The molecule has 0 radical (unpaired) electrons. The van der Waals surface area contributed by atoms with Crippen LogP contribution in [0.5, 0.6) is 0 Å². The van der Waals surface area contributed by atoms with Crippen LogP contribution in [0.2, 0.25) is 0 Å². The van der Waals surface area contributed by atoms with Crippen molar-refractivity contribution in [1.82, 2.24) is 5.32 Å². The summed E-state index contributed by atoms with van der Waals surface area (Å²) < 4.78 is 0. The second kappa shape index (κ2) is 2.26. The SMILES string of the molecule is CC1C2CCCC1NC=N2. The molecule has 2 heteroatoms. The summed E-state index contributed by atoms with van der Waals surface area (Å²) in [6.07, 6.45) is 5.89. The normalized spacial score (nSPS) is 44.7. The summed E-state index contributed by atoms with van der Waals surface area (Å²) in [7, 11) is 0. The first-order valence-corrected chi connectivity index (χ1v) is 4.15. The van der Waals surface area contributed by atoms with Crippen LogP contribution in [-0.4, -0.2) is 18.4 Å². The summed E-state index contributed by atoms with van der Waals surface area (Å²) >= 11 is 0. The molecule has 0 aromatic carbocycles. The molecule has 10 heavy (non-hydrogen) atoms. The maximum atomic E-state index is 4.39. The van der Waals surface area contributed by atoms with Crippen molar-refractivity contribution in [2.45, 2.75) is 38.3 Å². The van der Waals surface area contributed by atoms with Gasteiger partial charge in [0.25, 0.3) is 0 Å². The zero-order chi connectivity index (χ0) is 6.97. The van der Waals surface area contributed by atoms with E-state index in [1.807, 2.05) is 6.34 Å². The molecular formula is C8H14N2. The maximum absolute atomic E-state index is 4.39. The van der Waals surface area contributed by atoms with E-state index in [2.05, 4.69) is 17.2 Å². The molecule has 1 fully saturated rings. The predicted octanol–water partition coefficient (Wildman–Crippen LogP) is 1.18. The van der Waals surface area contributed by atoms with Gasteiger partial charge < -0.3 is 5.32 Å². The Bertz CT molecular complexity index is 153. The standard InChI is InChI=1S/C8H14N2/c1-6-7-3-2-4-8(6)10-5-9-7/h5-8H,2-4H2,1H3,(H,9,10). The van der Waals surface area contributed by atoms with Crippen LogP contribution in [0, 0.1) is 5.92 Å². The Kier molecular flexibility index (Phi) is 1.40. The van der Waals surface area contributed by atoms with Crippen LogP contribution in [0.4, 0.5) is 0 Å². The van der Waals surface area contributed by atoms with Gasteiger partial charge in [0.05, 0.1) is 12.4 Å². The van der Waals surface area contributed by atoms with Crippen molar-refractivity contribution in [3.63, 3.8) is 0 Å². The van der Waals surface area contributed by atoms with E-state index < -0.39 is 0 Å². The van der Waals surface area contributed by atoms with Gasteiger partial charge in [0.15, 0.2) is 0 Å². The average Bonchev–Trinajstić information content (AvgIpc) is 1.86. The van der Waals surface area contributed by atoms with Gasteiger partial charge in [-0.05, 0) is 25.2 Å². The highest BCUT2D eigenvalue weighted by atomic mass is 15.0. The van der Waals surface area contributed by atoms with E-state index in [4.69, 9.17) is 0 Å². The zero-order valence-corrected chi connectivity index (χ0v) is 6.38. The molecule has 1 heterocycles. The quantitative estimate of drug-likeness (QED) is 0.534. The maximum Gasteiger partial charge on any atom is 0.0829 e. The fourth-order valence-corrected chi connectivity index (χ4v) is 2.02. The van der Waals surface area contributed by atoms with Crippen molar-refractivity contribution in [3.05, 3.63) is 0 Å². The second-order valence-electron chi connectivity index (χ2n) is 3.41. The summed E-state index contributed by atoms with van der Waals surface area (Å²) in [5, 5.41) is 3.31. The molecule has 56 valence electrons. The van der Waals surface area contributed by atoms with Crippen molar-refractivity contribution in [2.75, 3.05) is 0 Å². The Balaban J connectivity index is 2.17. The molecule has 0 saturated heterocycles. The Hall–Kier alpha value is -0.530. The van der Waals surface area contributed by atoms with Gasteiger partial charge in [0.1, 0.15) is 0 Å². The van der Waals surface area contributed by atoms with Crippen LogP contribution in [-0.2, 0) is 0 Å². The van der Waals surface area contributed by atoms with Crippen LogP contribution in [0.15, 0.2) is 4.99 Å². The lowest BCUT2D eigenvalue weighted by Gasteiger charge is -2.37. The monoisotopic (exact) mass is 138 g/mol. The van der Waals surface area contributed by atoms with E-state index in [1.54, 1.807) is 0 Å². The predicted molar refractivity (Wildman–Crippen MR) is 42.2 cm³/mol. The van der Waals surface area contributed by atoms with Crippen LogP contribution < -0.4 is 5.32 Å². The molecule has 0 amide bonds. The van der Waals surface area contributed by atoms with E-state index in [1.165, 1.54) is 19.3 Å². The van der Waals surface area contributed by atoms with Gasteiger partial charge in [0.2, 0.25) is 0 Å². The minimum atomic E-state index is 0.625. The topological polar surface area (TPSA) is 24.4 Å². The smallest absolute Gasteiger partial charge is 0.0829 e. The summed E-state index contributed by atoms with van der Waals surface area (Å²) in [6.45, 7) is 2.30. The molecule has 1 saturated carbocycles. The van der Waals surface area contributed by atoms with E-state index >= 15 is 0 Å². The average molecular weight is 138 g/mol. The third kappa shape index (κ3) is 0.825. The van der Waals surface area contributed by atoms with Gasteiger partial charge in [-0.1, -0.05) is 6.92 Å². The lowest BCUT2D eigenvalue weighted by atomic mass is 9.81. The van der Waals surface area contributed by atoms with E-state index in [0.29, 0.717) is 6.04 Å². The first kappa shape index (κ1) is 6.20. The number of nitrogens with zero attached hydrogens (tertiary/aromatic N) is 1. The molecule has 1 aliphatic carbocycles. The number of rotatable bonds is 0. The molecule has 1 N–H and O–H groups in total. The van der Waals surface area contributed by atoms with Crippen LogP contribution in [0.3, 0.4) is 0 Å². The molecule has 2 rings (SSSR count). The van der Waals surface area contributed by atoms with Crippen LogP contribution in [0.25, 0.3) is 0 Å². The summed E-state index contributed by atoms with van der Waals surface area (Å²) in [5.41, 5.74) is 0. The van der Waals surface area contributed by atoms with Gasteiger partial charge in [-0.25, -0.2) is 0 Å².